The first-order valence-electron chi connectivity index (χ1n) is 10.5. The smallest absolute Gasteiger partial charge is 0.228 e. The Balaban J connectivity index is 1.43. The molecule has 0 unspecified atom stereocenters. The van der Waals surface area contributed by atoms with Gasteiger partial charge in [-0.25, -0.2) is 0 Å². The number of para-hydroxylation sites is 1. The molecule has 1 N–H and O–H groups in total. The van der Waals surface area contributed by atoms with Crippen molar-refractivity contribution < 1.29 is 4.79 Å². The van der Waals surface area contributed by atoms with Crippen LogP contribution in [0, 0.1) is 0 Å². The van der Waals surface area contributed by atoms with Gasteiger partial charge in [-0.3, -0.25) is 14.8 Å². The third kappa shape index (κ3) is 3.59. The second-order valence-corrected chi connectivity index (χ2v) is 7.82. The topological polar surface area (TPSA) is 58.1 Å². The van der Waals surface area contributed by atoms with Crippen LogP contribution in [0.4, 0.5) is 11.4 Å². The van der Waals surface area contributed by atoms with Crippen molar-refractivity contribution in [3.63, 3.8) is 0 Å². The van der Waals surface area contributed by atoms with E-state index >= 15 is 0 Å². The number of carbonyl (C=O) groups excluding carboxylic acids is 1. The highest BCUT2D eigenvalue weighted by molar-refractivity contribution is 6.07. The maximum atomic E-state index is 12.9. The van der Waals surface area contributed by atoms with Crippen LogP contribution in [0.2, 0.25) is 0 Å². The Morgan fingerprint density at radius 3 is 2.70 bits per heavy atom. The molecule has 1 fully saturated rings. The summed E-state index contributed by atoms with van der Waals surface area (Å²) in [7, 11) is 0. The molecule has 0 saturated carbocycles. The Bertz CT molecular complexity index is 1210. The standard InChI is InChI=1S/C25H24N4O/c30-24(16-19-7-4-6-18-8-5-12-27-25(18)19)28-22-9-10-23(29-14-2-1-3-15-29)20-11-13-26-17-21(20)22/h4-13,17H,1-3,14-16H2,(H,28,30). The van der Waals surface area contributed by atoms with Gasteiger partial charge in [0.25, 0.3) is 0 Å². The van der Waals surface area contributed by atoms with E-state index in [0.29, 0.717) is 0 Å². The fourth-order valence-corrected chi connectivity index (χ4v) is 4.37. The number of nitrogens with zero attached hydrogens (tertiary/aromatic N) is 3. The summed E-state index contributed by atoms with van der Waals surface area (Å²) in [6.45, 7) is 2.16. The second kappa shape index (κ2) is 8.11. The average molecular weight is 396 g/mol. The average Bonchev–Trinajstić information content (AvgIpc) is 2.80. The van der Waals surface area contributed by atoms with Crippen LogP contribution < -0.4 is 10.2 Å². The highest BCUT2D eigenvalue weighted by Gasteiger charge is 2.16. The number of carbonyl (C=O) groups is 1. The molecule has 2 aromatic carbocycles. The number of pyridine rings is 2. The number of hydrogen-bond acceptors (Lipinski definition) is 4. The molecule has 1 saturated heterocycles. The van der Waals surface area contributed by atoms with Crippen LogP contribution in [0.15, 0.2) is 67.1 Å². The molecule has 4 aromatic rings. The fourth-order valence-electron chi connectivity index (χ4n) is 4.37. The lowest BCUT2D eigenvalue weighted by molar-refractivity contribution is -0.115. The van der Waals surface area contributed by atoms with E-state index in [0.717, 1.165) is 46.0 Å². The van der Waals surface area contributed by atoms with Crippen LogP contribution in [-0.2, 0) is 11.2 Å². The predicted molar refractivity (Wildman–Crippen MR) is 122 cm³/mol. The summed E-state index contributed by atoms with van der Waals surface area (Å²) in [6, 6.07) is 16.1. The predicted octanol–water partition coefficient (Wildman–Crippen LogP) is 4.95. The van der Waals surface area contributed by atoms with E-state index in [1.54, 1.807) is 6.20 Å². The van der Waals surface area contributed by atoms with Crippen LogP contribution in [0.3, 0.4) is 0 Å². The highest BCUT2D eigenvalue weighted by Crippen LogP contribution is 2.33. The molecule has 3 heterocycles. The van der Waals surface area contributed by atoms with E-state index in [4.69, 9.17) is 0 Å². The quantitative estimate of drug-likeness (QED) is 0.530. The van der Waals surface area contributed by atoms with Crippen molar-refractivity contribution in [3.05, 3.63) is 72.7 Å². The van der Waals surface area contributed by atoms with Crippen molar-refractivity contribution in [1.29, 1.82) is 0 Å². The van der Waals surface area contributed by atoms with Gasteiger partial charge in [0.1, 0.15) is 0 Å². The minimum absolute atomic E-state index is 0.0518. The van der Waals surface area contributed by atoms with Gasteiger partial charge in [-0.1, -0.05) is 24.3 Å². The van der Waals surface area contributed by atoms with Gasteiger partial charge >= 0.3 is 0 Å². The zero-order chi connectivity index (χ0) is 20.3. The number of hydrogen-bond donors (Lipinski definition) is 1. The van der Waals surface area contributed by atoms with E-state index in [1.807, 2.05) is 54.9 Å². The monoisotopic (exact) mass is 396 g/mol. The van der Waals surface area contributed by atoms with Crippen LogP contribution in [0.5, 0.6) is 0 Å². The van der Waals surface area contributed by atoms with Crippen LogP contribution in [-0.4, -0.2) is 29.0 Å². The number of aromatic nitrogens is 2. The Morgan fingerprint density at radius 2 is 1.80 bits per heavy atom. The molecule has 0 radical (unpaired) electrons. The molecule has 1 aliphatic heterocycles. The minimum atomic E-state index is -0.0518. The van der Waals surface area contributed by atoms with E-state index in [2.05, 4.69) is 26.3 Å². The van der Waals surface area contributed by atoms with E-state index in [9.17, 15) is 4.79 Å². The molecule has 5 nitrogen and oxygen atoms in total. The zero-order valence-electron chi connectivity index (χ0n) is 16.8. The summed E-state index contributed by atoms with van der Waals surface area (Å²) < 4.78 is 0. The van der Waals surface area contributed by atoms with Gasteiger partial charge in [-0.2, -0.15) is 0 Å². The molecule has 2 aromatic heterocycles. The first-order chi connectivity index (χ1) is 14.8. The number of amides is 1. The first-order valence-corrected chi connectivity index (χ1v) is 10.5. The number of rotatable bonds is 4. The lowest BCUT2D eigenvalue weighted by Crippen LogP contribution is -2.29. The number of nitrogens with one attached hydrogen (secondary N) is 1. The minimum Gasteiger partial charge on any atom is -0.371 e. The van der Waals surface area contributed by atoms with Crippen molar-refractivity contribution in [2.45, 2.75) is 25.7 Å². The van der Waals surface area contributed by atoms with Gasteiger partial charge in [0.2, 0.25) is 5.91 Å². The summed E-state index contributed by atoms with van der Waals surface area (Å²) in [5.41, 5.74) is 3.83. The Kier molecular flexibility index (Phi) is 5.01. The van der Waals surface area contributed by atoms with Gasteiger partial charge in [-0.05, 0) is 49.1 Å². The summed E-state index contributed by atoms with van der Waals surface area (Å²) in [6.07, 6.45) is 9.47. The van der Waals surface area contributed by atoms with Crippen molar-refractivity contribution in [1.82, 2.24) is 9.97 Å². The molecule has 5 rings (SSSR count). The van der Waals surface area contributed by atoms with Crippen LogP contribution >= 0.6 is 0 Å². The summed E-state index contributed by atoms with van der Waals surface area (Å²) in [4.78, 5) is 24.1. The van der Waals surface area contributed by atoms with Crippen LogP contribution in [0.1, 0.15) is 24.8 Å². The van der Waals surface area contributed by atoms with E-state index in [1.165, 1.54) is 24.9 Å². The molecule has 0 bridgehead atoms. The second-order valence-electron chi connectivity index (χ2n) is 7.82. The molecular formula is C25H24N4O. The summed E-state index contributed by atoms with van der Waals surface area (Å²) in [5.74, 6) is -0.0518. The van der Waals surface area contributed by atoms with Crippen molar-refractivity contribution in [2.75, 3.05) is 23.3 Å². The number of benzene rings is 2. The van der Waals surface area contributed by atoms with Crippen LogP contribution in [0.25, 0.3) is 21.7 Å². The largest absolute Gasteiger partial charge is 0.371 e. The molecular weight excluding hydrogens is 372 g/mol. The third-order valence-corrected chi connectivity index (χ3v) is 5.83. The van der Waals surface area contributed by atoms with Crippen molar-refractivity contribution >= 4 is 39.0 Å². The fraction of sp³-hybridized carbons (Fsp3) is 0.240. The lowest BCUT2D eigenvalue weighted by atomic mass is 10.0. The molecule has 1 aliphatic rings. The lowest BCUT2D eigenvalue weighted by Gasteiger charge is -2.30. The molecule has 0 atom stereocenters. The molecule has 30 heavy (non-hydrogen) atoms. The molecule has 0 spiro atoms. The number of piperidine rings is 1. The Labute approximate surface area is 175 Å². The Morgan fingerprint density at radius 1 is 0.933 bits per heavy atom. The van der Waals surface area contributed by atoms with Gasteiger partial charge in [0.15, 0.2) is 0 Å². The normalized spacial score (nSPS) is 14.2. The third-order valence-electron chi connectivity index (χ3n) is 5.83. The first kappa shape index (κ1) is 18.6. The van der Waals surface area contributed by atoms with Gasteiger partial charge in [0, 0.05) is 53.5 Å². The Hall–Kier alpha value is -3.47. The van der Waals surface area contributed by atoms with Crippen molar-refractivity contribution in [2.24, 2.45) is 0 Å². The number of anilines is 2. The SMILES string of the molecule is O=C(Cc1cccc2cccnc12)Nc1ccc(N2CCCCC2)c2ccncc12. The molecule has 1 amide bonds. The molecule has 150 valence electrons. The van der Waals surface area contributed by atoms with E-state index in [-0.39, 0.29) is 12.3 Å². The molecule has 5 heteroatoms. The van der Waals surface area contributed by atoms with E-state index < -0.39 is 0 Å². The van der Waals surface area contributed by atoms with Gasteiger partial charge < -0.3 is 10.2 Å². The summed E-state index contributed by atoms with van der Waals surface area (Å²) >= 11 is 0. The number of fused-ring (bicyclic) bond motifs is 2. The maximum Gasteiger partial charge on any atom is 0.228 e. The van der Waals surface area contributed by atoms with Crippen molar-refractivity contribution in [3.8, 4) is 0 Å². The highest BCUT2D eigenvalue weighted by atomic mass is 16.1. The molecule has 0 aliphatic carbocycles. The zero-order valence-corrected chi connectivity index (χ0v) is 16.8. The summed E-state index contributed by atoms with van der Waals surface area (Å²) in [5, 5.41) is 6.26. The van der Waals surface area contributed by atoms with Gasteiger partial charge in [0.05, 0.1) is 17.6 Å². The van der Waals surface area contributed by atoms with Gasteiger partial charge in [-0.15, -0.1) is 0 Å². The maximum absolute atomic E-state index is 12.9.